The molecule has 0 fully saturated rings. The number of esters is 1. The lowest BCUT2D eigenvalue weighted by molar-refractivity contribution is -0.150. The van der Waals surface area contributed by atoms with Gasteiger partial charge in [0.05, 0.1) is 43.9 Å². The lowest BCUT2D eigenvalue weighted by atomic mass is 9.95. The highest BCUT2D eigenvalue weighted by molar-refractivity contribution is 6.27. The smallest absolute Gasteiger partial charge is 0.339 e. The highest BCUT2D eigenvalue weighted by atomic mass is 16.5. The van der Waals surface area contributed by atoms with E-state index in [1.807, 2.05) is 32.1 Å². The van der Waals surface area contributed by atoms with Gasteiger partial charge in [-0.1, -0.05) is 26.5 Å². The monoisotopic (exact) mass is 641 g/mol. The van der Waals surface area contributed by atoms with Crippen LogP contribution < -0.4 is 5.32 Å². The first-order valence-corrected chi connectivity index (χ1v) is 15.9. The van der Waals surface area contributed by atoms with Crippen molar-refractivity contribution in [2.24, 2.45) is 0 Å². The van der Waals surface area contributed by atoms with Crippen molar-refractivity contribution in [3.05, 3.63) is 75.4 Å². The van der Waals surface area contributed by atoms with Crippen molar-refractivity contribution in [2.45, 2.75) is 59.5 Å². The van der Waals surface area contributed by atoms with E-state index in [-0.39, 0.29) is 49.1 Å². The number of aliphatic hydroxyl groups excluding tert-OH is 2. The average molecular weight is 642 g/mol. The average Bonchev–Trinajstić information content (AvgIpc) is 3.75. The molecular formula is C36H43N5O6. The van der Waals surface area contributed by atoms with Crippen LogP contribution in [0.2, 0.25) is 0 Å². The molecule has 0 aromatic carbocycles. The highest BCUT2D eigenvalue weighted by Crippen LogP contribution is 2.38. The fourth-order valence-corrected chi connectivity index (χ4v) is 6.38. The van der Waals surface area contributed by atoms with Gasteiger partial charge in [0.25, 0.3) is 5.91 Å². The summed E-state index contributed by atoms with van der Waals surface area (Å²) in [7, 11) is 1.20. The molecule has 5 heterocycles. The van der Waals surface area contributed by atoms with Gasteiger partial charge in [0.2, 0.25) is 0 Å². The molecule has 2 atom stereocenters. The number of nitrogens with one attached hydrogen (secondary N) is 3. The number of rotatable bonds is 10. The second-order valence-corrected chi connectivity index (χ2v) is 11.9. The Morgan fingerprint density at radius 3 is 2.49 bits per heavy atom. The van der Waals surface area contributed by atoms with Gasteiger partial charge in [0.15, 0.2) is 6.10 Å². The van der Waals surface area contributed by atoms with Gasteiger partial charge < -0.3 is 35.0 Å². The van der Waals surface area contributed by atoms with E-state index in [9.17, 15) is 14.7 Å². The zero-order chi connectivity index (χ0) is 34.0. The Morgan fingerprint density at radius 1 is 1.09 bits per heavy atom. The largest absolute Gasteiger partial charge is 0.467 e. The predicted octanol–water partition coefficient (Wildman–Crippen LogP) is 4.75. The first-order valence-electron chi connectivity index (χ1n) is 15.9. The molecule has 2 unspecified atom stereocenters. The van der Waals surface area contributed by atoms with Crippen LogP contribution in [0.5, 0.6) is 0 Å². The summed E-state index contributed by atoms with van der Waals surface area (Å²) in [5.41, 5.74) is 10.5. The number of hydrogen-bond acceptors (Lipinski definition) is 8. The van der Waals surface area contributed by atoms with Gasteiger partial charge in [0.1, 0.15) is 0 Å². The van der Waals surface area contributed by atoms with Gasteiger partial charge in [-0.15, -0.1) is 0 Å². The number of nitrogens with zero attached hydrogens (tertiary/aromatic N) is 2. The molecular weight excluding hydrogens is 598 g/mol. The van der Waals surface area contributed by atoms with E-state index in [1.165, 1.54) is 7.11 Å². The molecule has 47 heavy (non-hydrogen) atoms. The van der Waals surface area contributed by atoms with Gasteiger partial charge in [0, 0.05) is 57.0 Å². The van der Waals surface area contributed by atoms with Crippen molar-refractivity contribution in [3.63, 3.8) is 0 Å². The molecule has 0 saturated carbocycles. The number of amides is 1. The van der Waals surface area contributed by atoms with Crippen LogP contribution in [0, 0.1) is 13.8 Å². The Labute approximate surface area is 273 Å². The normalized spacial score (nSPS) is 15.1. The standard InChI is InChI=1S/C36H43N5O6/c1-8-22-19(4)25-15-24-18(3)14-30(38-24)32(34(43)36(45)46-7)33-31(35(44)37-10-12-47-13-11-42)21(6)27(41-33)17-29-23(9-2)20(5)26(40-29)16-28(22)39-25/h8,15-18,34,39-40,42-43H,1,9-14H2,2-7H3,(H,37,44). The quantitative estimate of drug-likeness (QED) is 0.157. The minimum atomic E-state index is -1.74. The van der Waals surface area contributed by atoms with Crippen LogP contribution >= 0.6 is 0 Å². The number of methoxy groups -OCH3 is 1. The van der Waals surface area contributed by atoms with Gasteiger partial charge in [-0.25, -0.2) is 9.78 Å². The maximum absolute atomic E-state index is 13.8. The number of aliphatic hydroxyl groups is 2. The van der Waals surface area contributed by atoms with Gasteiger partial charge in [-0.2, -0.15) is 0 Å². The molecule has 1 amide bonds. The minimum absolute atomic E-state index is 0.0641. The molecule has 11 nitrogen and oxygen atoms in total. The van der Waals surface area contributed by atoms with Crippen LogP contribution in [0.4, 0.5) is 0 Å². The number of aromatic nitrogens is 4. The fraction of sp³-hybridized carbons (Fsp3) is 0.389. The number of carbonyl (C=O) groups excluding carboxylic acids is 2. The summed E-state index contributed by atoms with van der Waals surface area (Å²) in [5, 5.41) is 23.4. The van der Waals surface area contributed by atoms with Crippen LogP contribution in [0.3, 0.4) is 0 Å². The number of H-pyrrole nitrogens is 2. The van der Waals surface area contributed by atoms with Crippen molar-refractivity contribution >= 4 is 51.2 Å². The van der Waals surface area contributed by atoms with E-state index in [2.05, 4.69) is 41.8 Å². The maximum Gasteiger partial charge on any atom is 0.339 e. The summed E-state index contributed by atoms with van der Waals surface area (Å²) in [6.45, 7) is 14.5. The zero-order valence-electron chi connectivity index (χ0n) is 27.8. The van der Waals surface area contributed by atoms with Crippen LogP contribution in [-0.4, -0.2) is 75.5 Å². The molecule has 0 radical (unpaired) electrons. The van der Waals surface area contributed by atoms with Crippen LogP contribution in [-0.2, 0) is 31.9 Å². The molecule has 0 aliphatic carbocycles. The Kier molecular flexibility index (Phi) is 10.1. The SMILES string of the molecule is C=Cc1c(C)c2cc3nc(c(C(O)C(=O)OC)c4nc(cc5[nH]c(cc1[nH]2)c(C)c5CC)C(C)=C4C(=O)NCCOCCO)CC3C. The Bertz CT molecular complexity index is 1940. The summed E-state index contributed by atoms with van der Waals surface area (Å²) < 4.78 is 10.3. The number of fused-ring (bicyclic) bond motifs is 8. The lowest BCUT2D eigenvalue weighted by Crippen LogP contribution is -2.29. The van der Waals surface area contributed by atoms with Crippen molar-refractivity contribution in [3.8, 4) is 0 Å². The highest BCUT2D eigenvalue weighted by Gasteiger charge is 2.34. The number of ether oxygens (including phenoxy) is 2. The topological polar surface area (TPSA) is 162 Å². The number of aryl methyl sites for hydroxylation is 3. The maximum atomic E-state index is 13.8. The Hall–Kier alpha value is -4.58. The minimum Gasteiger partial charge on any atom is -0.467 e. The van der Waals surface area contributed by atoms with Gasteiger partial charge in [-0.05, 0) is 74.1 Å². The lowest BCUT2D eigenvalue weighted by Gasteiger charge is -2.15. The molecule has 3 aromatic heterocycles. The summed E-state index contributed by atoms with van der Waals surface area (Å²) in [4.78, 5) is 43.8. The molecule has 3 aromatic rings. The molecule has 2 aliphatic heterocycles. The number of aromatic amines is 2. The van der Waals surface area contributed by atoms with E-state index in [4.69, 9.17) is 24.5 Å². The van der Waals surface area contributed by atoms with E-state index in [0.717, 1.165) is 56.4 Å². The Balaban J connectivity index is 1.91. The fourth-order valence-electron chi connectivity index (χ4n) is 6.38. The first-order chi connectivity index (χ1) is 22.5. The van der Waals surface area contributed by atoms with E-state index < -0.39 is 18.0 Å². The van der Waals surface area contributed by atoms with Crippen molar-refractivity contribution in [1.82, 2.24) is 25.3 Å². The molecule has 0 spiro atoms. The van der Waals surface area contributed by atoms with Crippen LogP contribution in [0.15, 0.2) is 24.8 Å². The third-order valence-electron chi connectivity index (χ3n) is 8.99. The van der Waals surface area contributed by atoms with Crippen LogP contribution in [0.25, 0.3) is 39.3 Å². The second-order valence-electron chi connectivity index (χ2n) is 11.9. The van der Waals surface area contributed by atoms with Crippen molar-refractivity contribution in [2.75, 3.05) is 33.5 Å². The molecule has 248 valence electrons. The summed E-state index contributed by atoms with van der Waals surface area (Å²) in [6.07, 6.45) is 1.26. The molecule has 8 bridgehead atoms. The molecule has 5 rings (SSSR count). The summed E-state index contributed by atoms with van der Waals surface area (Å²) in [6, 6.07) is 5.98. The summed E-state index contributed by atoms with van der Waals surface area (Å²) in [5.74, 6) is -1.39. The molecule has 11 heteroatoms. The van der Waals surface area contributed by atoms with Crippen molar-refractivity contribution in [1.29, 1.82) is 0 Å². The van der Waals surface area contributed by atoms with Crippen molar-refractivity contribution < 1.29 is 29.3 Å². The number of hydrogen-bond donors (Lipinski definition) is 5. The molecule has 5 N–H and O–H groups in total. The van der Waals surface area contributed by atoms with E-state index in [0.29, 0.717) is 23.4 Å². The Morgan fingerprint density at radius 2 is 1.81 bits per heavy atom. The van der Waals surface area contributed by atoms with Gasteiger partial charge >= 0.3 is 5.97 Å². The van der Waals surface area contributed by atoms with Gasteiger partial charge in [-0.3, -0.25) is 9.78 Å². The second kappa shape index (κ2) is 14.0. The number of carbonyl (C=O) groups is 2. The summed E-state index contributed by atoms with van der Waals surface area (Å²) >= 11 is 0. The van der Waals surface area contributed by atoms with Crippen LogP contribution in [0.1, 0.15) is 83.4 Å². The first kappa shape index (κ1) is 33.8. The number of allylic oxidation sites excluding steroid dienone is 1. The molecule has 0 saturated heterocycles. The third kappa shape index (κ3) is 6.38. The van der Waals surface area contributed by atoms with E-state index >= 15 is 0 Å². The molecule has 2 aliphatic rings. The van der Waals surface area contributed by atoms with E-state index in [1.54, 1.807) is 6.92 Å². The third-order valence-corrected chi connectivity index (χ3v) is 8.99. The zero-order valence-corrected chi connectivity index (χ0v) is 27.8. The predicted molar refractivity (Wildman–Crippen MR) is 182 cm³/mol.